The van der Waals surface area contributed by atoms with E-state index in [1.165, 1.54) is 41.2 Å². The van der Waals surface area contributed by atoms with E-state index in [2.05, 4.69) is 0 Å². The molecule has 0 radical (unpaired) electrons. The molecule has 0 saturated carbocycles. The molecule has 9 heteroatoms. The normalized spacial score (nSPS) is 43.1. The highest BCUT2D eigenvalue weighted by atomic mass is 33.5. The third kappa shape index (κ3) is 1.53. The van der Waals surface area contributed by atoms with Crippen molar-refractivity contribution in [2.24, 2.45) is 0 Å². The van der Waals surface area contributed by atoms with Crippen molar-refractivity contribution in [2.75, 3.05) is 13.7 Å². The molecule has 4 aliphatic heterocycles. The third-order valence-corrected chi connectivity index (χ3v) is 9.79. The van der Waals surface area contributed by atoms with Gasteiger partial charge in [-0.2, -0.15) is 0 Å². The number of rotatable bonds is 1. The summed E-state index contributed by atoms with van der Waals surface area (Å²) in [7, 11) is 5.49. The van der Waals surface area contributed by atoms with Crippen LogP contribution in [0.25, 0.3) is 0 Å². The van der Waals surface area contributed by atoms with E-state index in [0.29, 0.717) is 6.42 Å². The van der Waals surface area contributed by atoms with Crippen molar-refractivity contribution in [3.05, 3.63) is 23.8 Å². The van der Waals surface area contributed by atoms with Crippen molar-refractivity contribution in [3.63, 3.8) is 0 Å². The monoisotopic (exact) mass is 358 g/mol. The van der Waals surface area contributed by atoms with Crippen LogP contribution in [0.3, 0.4) is 0 Å². The van der Waals surface area contributed by atoms with Gasteiger partial charge in [0.15, 0.2) is 4.87 Å². The highest BCUT2D eigenvalue weighted by molar-refractivity contribution is 9.10. The van der Waals surface area contributed by atoms with E-state index in [0.717, 1.165) is 5.57 Å². The molecule has 4 unspecified atom stereocenters. The molecular weight excluding hydrogens is 344 g/mol. The van der Waals surface area contributed by atoms with Gasteiger partial charge in [0.25, 0.3) is 11.8 Å². The van der Waals surface area contributed by atoms with Gasteiger partial charge in [0.05, 0.1) is 18.8 Å². The minimum atomic E-state index is -1.31. The van der Waals surface area contributed by atoms with E-state index in [9.17, 15) is 19.8 Å². The Morgan fingerprint density at radius 2 is 2.14 bits per heavy atom. The second-order valence-corrected chi connectivity index (χ2v) is 10.2. The molecule has 118 valence electrons. The molecule has 0 aromatic heterocycles. The fourth-order valence-corrected chi connectivity index (χ4v) is 9.37. The highest BCUT2D eigenvalue weighted by Gasteiger charge is 2.70. The van der Waals surface area contributed by atoms with Crippen molar-refractivity contribution < 1.29 is 19.8 Å². The van der Waals surface area contributed by atoms with Crippen LogP contribution >= 0.6 is 31.4 Å². The van der Waals surface area contributed by atoms with Gasteiger partial charge in [0.1, 0.15) is 0 Å². The van der Waals surface area contributed by atoms with Crippen LogP contribution in [0.4, 0.5) is 0 Å². The lowest BCUT2D eigenvalue weighted by atomic mass is 9.97. The number of amides is 2. The Morgan fingerprint density at radius 3 is 2.86 bits per heavy atom. The van der Waals surface area contributed by atoms with Gasteiger partial charge in [-0.25, -0.2) is 0 Å². The van der Waals surface area contributed by atoms with E-state index >= 15 is 0 Å². The number of nitrogens with zero attached hydrogens (tertiary/aromatic N) is 2. The largest absolute Gasteiger partial charge is 0.392 e. The molecule has 1 spiro atoms. The molecule has 4 heterocycles. The average molecular weight is 358 g/mol. The smallest absolute Gasteiger partial charge is 0.264 e. The topological polar surface area (TPSA) is 81.1 Å². The molecule has 5 rings (SSSR count). The van der Waals surface area contributed by atoms with Gasteiger partial charge in [-0.15, -0.1) is 0 Å². The Kier molecular flexibility index (Phi) is 3.19. The van der Waals surface area contributed by atoms with Crippen molar-refractivity contribution in [1.82, 2.24) is 9.80 Å². The van der Waals surface area contributed by atoms with Gasteiger partial charge in [0.2, 0.25) is 4.87 Å². The number of likely N-dealkylation sites (N-methyl/N-ethyl adjacent to an activating group) is 1. The minimum absolute atomic E-state index is 0.189. The van der Waals surface area contributed by atoms with Crippen LogP contribution in [0.5, 0.6) is 0 Å². The molecule has 0 aromatic carbocycles. The zero-order chi connectivity index (χ0) is 15.7. The summed E-state index contributed by atoms with van der Waals surface area (Å²) in [5.41, 5.74) is 0.888. The van der Waals surface area contributed by atoms with Gasteiger partial charge >= 0.3 is 0 Å². The van der Waals surface area contributed by atoms with Gasteiger partial charge < -0.3 is 20.0 Å². The van der Waals surface area contributed by atoms with E-state index in [-0.39, 0.29) is 11.8 Å². The summed E-state index contributed by atoms with van der Waals surface area (Å²) in [5.74, 6) is -0.492. The molecule has 2 N–H and O–H groups in total. The molecule has 0 aromatic rings. The van der Waals surface area contributed by atoms with E-state index in [1.54, 1.807) is 19.2 Å². The summed E-state index contributed by atoms with van der Waals surface area (Å²) in [5, 5.41) is 20.2. The molecule has 22 heavy (non-hydrogen) atoms. The molecule has 4 atom stereocenters. The van der Waals surface area contributed by atoms with Crippen LogP contribution in [0.15, 0.2) is 23.8 Å². The number of fused-ring (bicyclic) bond motifs is 4. The predicted molar refractivity (Wildman–Crippen MR) is 86.6 cm³/mol. The second-order valence-electron chi connectivity index (χ2n) is 5.74. The lowest BCUT2D eigenvalue weighted by Gasteiger charge is -2.50. The van der Waals surface area contributed by atoms with Crippen molar-refractivity contribution >= 4 is 43.2 Å². The predicted octanol–water partition coefficient (Wildman–Crippen LogP) is 0.345. The summed E-state index contributed by atoms with van der Waals surface area (Å²) in [6.45, 7) is -0.448. The van der Waals surface area contributed by atoms with Crippen LogP contribution < -0.4 is 0 Å². The summed E-state index contributed by atoms with van der Waals surface area (Å²) in [4.78, 5) is 26.7. The number of carbonyl (C=O) groups excluding carboxylic acids is 2. The number of hydrogen-bond acceptors (Lipinski definition) is 7. The van der Waals surface area contributed by atoms with Gasteiger partial charge in [-0.1, -0.05) is 18.2 Å². The van der Waals surface area contributed by atoms with Gasteiger partial charge in [0, 0.05) is 13.5 Å². The van der Waals surface area contributed by atoms with Crippen LogP contribution in [0.1, 0.15) is 6.42 Å². The van der Waals surface area contributed by atoms with E-state index in [4.69, 9.17) is 0 Å². The number of allylic oxidation sites excluding steroid dienone is 2. The summed E-state index contributed by atoms with van der Waals surface area (Å²) in [6.07, 6.45) is 4.85. The van der Waals surface area contributed by atoms with Crippen LogP contribution in [0, 0.1) is 0 Å². The summed E-state index contributed by atoms with van der Waals surface area (Å²) < 4.78 is 0. The molecule has 4 saturated heterocycles. The number of aliphatic hydroxyl groups excluding tert-OH is 2. The van der Waals surface area contributed by atoms with Crippen LogP contribution in [-0.2, 0) is 9.59 Å². The SMILES string of the molecule is CN1C(=O)C23CC4=CC=CC(O)C4N2C(=O)C1(CO)SSS3. The third-order valence-electron chi connectivity index (χ3n) is 4.72. The molecule has 4 fully saturated rings. The molecule has 5 aliphatic rings. The summed E-state index contributed by atoms with van der Waals surface area (Å²) >= 11 is 0. The number of hydrogen-bond donors (Lipinski definition) is 2. The lowest BCUT2D eigenvalue weighted by Crippen LogP contribution is -2.73. The molecular formula is C13H14N2O4S3. The Hall–Kier alpha value is -0.610. The molecule has 2 bridgehead atoms. The van der Waals surface area contributed by atoms with Crippen LogP contribution in [-0.4, -0.2) is 67.4 Å². The zero-order valence-electron chi connectivity index (χ0n) is 11.6. The van der Waals surface area contributed by atoms with Crippen molar-refractivity contribution in [1.29, 1.82) is 0 Å². The number of carbonyl (C=O) groups is 2. The molecule has 2 amide bonds. The Balaban J connectivity index is 1.92. The lowest BCUT2D eigenvalue weighted by molar-refractivity contribution is -0.167. The maximum absolute atomic E-state index is 13.2. The first-order valence-corrected chi connectivity index (χ1v) is 10.3. The zero-order valence-corrected chi connectivity index (χ0v) is 14.1. The standard InChI is InChI=1S/C13H14N2O4S3/c1-14-10(18)12-5-7-3-2-4-8(17)9(7)15(12)11(19)13(14,6-16)21-22-20-12/h2-4,8-9,16-17H,5-6H2,1H3. The number of piperazine rings is 1. The molecule has 1 aliphatic carbocycles. The first kappa shape index (κ1) is 14.9. The second kappa shape index (κ2) is 4.70. The first-order valence-electron chi connectivity index (χ1n) is 6.80. The first-order chi connectivity index (χ1) is 10.5. The van der Waals surface area contributed by atoms with E-state index < -0.39 is 28.5 Å². The number of aliphatic hydroxyl groups is 2. The average Bonchev–Trinajstić information content (AvgIpc) is 2.75. The van der Waals surface area contributed by atoms with Crippen molar-refractivity contribution in [2.45, 2.75) is 28.3 Å². The van der Waals surface area contributed by atoms with Gasteiger partial charge in [-0.3, -0.25) is 9.59 Å². The van der Waals surface area contributed by atoms with Gasteiger partial charge in [-0.05, 0) is 37.0 Å². The van der Waals surface area contributed by atoms with E-state index in [1.807, 2.05) is 6.08 Å². The maximum atomic E-state index is 13.2. The Labute approximate surface area is 138 Å². The maximum Gasteiger partial charge on any atom is 0.264 e. The minimum Gasteiger partial charge on any atom is -0.392 e. The fraction of sp³-hybridized carbons (Fsp3) is 0.538. The fourth-order valence-electron chi connectivity index (χ4n) is 3.54. The summed E-state index contributed by atoms with van der Waals surface area (Å²) in [6, 6.07) is -0.520. The van der Waals surface area contributed by atoms with Crippen molar-refractivity contribution in [3.8, 4) is 0 Å². The quantitative estimate of drug-likeness (QED) is 0.655. The Bertz CT molecular complexity index is 639. The Morgan fingerprint density at radius 1 is 1.36 bits per heavy atom. The van der Waals surface area contributed by atoms with Crippen LogP contribution in [0.2, 0.25) is 0 Å². The molecule has 6 nitrogen and oxygen atoms in total. The highest BCUT2D eigenvalue weighted by Crippen LogP contribution is 2.64.